The molecule has 0 spiro atoms. The third-order valence-corrected chi connectivity index (χ3v) is 9.00. The van der Waals surface area contributed by atoms with E-state index >= 15 is 0 Å². The first-order valence-electron chi connectivity index (χ1n) is 8.11. The van der Waals surface area contributed by atoms with Gasteiger partial charge in [0.05, 0.1) is 19.0 Å². The van der Waals surface area contributed by atoms with E-state index in [0.29, 0.717) is 24.0 Å². The molecule has 1 aliphatic heterocycles. The van der Waals surface area contributed by atoms with Gasteiger partial charge in [-0.25, -0.2) is 28.4 Å². The third kappa shape index (κ3) is 5.88. The van der Waals surface area contributed by atoms with E-state index in [2.05, 4.69) is 39.9 Å². The molecule has 0 aromatic carbocycles. The largest absolute Gasteiger partial charge is 0.488 e. The quantitative estimate of drug-likeness (QED) is 0.353. The van der Waals surface area contributed by atoms with Crippen LogP contribution in [-0.2, 0) is 43.3 Å². The summed E-state index contributed by atoms with van der Waals surface area (Å²) >= 11 is 4.63. The molecule has 3 heterocycles. The van der Waals surface area contributed by atoms with Crippen molar-refractivity contribution in [1.82, 2.24) is 19.5 Å². The number of rotatable bonds is 9. The summed E-state index contributed by atoms with van der Waals surface area (Å²) in [5, 5.41) is 0. The number of ether oxygens (including phenoxy) is 1. The van der Waals surface area contributed by atoms with Gasteiger partial charge in [0, 0.05) is 7.11 Å². The van der Waals surface area contributed by atoms with E-state index in [1.165, 1.54) is 12.7 Å². The Hall–Kier alpha value is -0.860. The van der Waals surface area contributed by atoms with Gasteiger partial charge in [0.25, 0.3) is 0 Å². The van der Waals surface area contributed by atoms with Crippen LogP contribution in [0.5, 0.6) is 0 Å². The summed E-state index contributed by atoms with van der Waals surface area (Å²) in [5.74, 6) is 0.228. The second kappa shape index (κ2) is 8.94. The monoisotopic (exact) mass is 505 g/mol. The molecule has 5 N–H and O–H groups in total. The molecule has 2 aromatic rings. The Morgan fingerprint density at radius 3 is 2.67 bits per heavy atom. The normalized spacial score (nSPS) is 25.6. The Morgan fingerprint density at radius 2 is 1.97 bits per heavy atom. The van der Waals surface area contributed by atoms with E-state index in [0.717, 1.165) is 7.11 Å². The Labute approximate surface area is 174 Å². The first kappa shape index (κ1) is 23.8. The van der Waals surface area contributed by atoms with Gasteiger partial charge in [0.1, 0.15) is 18.1 Å². The maximum Gasteiger partial charge on any atom is 0.488 e. The second-order valence-electron chi connectivity index (χ2n) is 5.92. The van der Waals surface area contributed by atoms with E-state index in [4.69, 9.17) is 19.9 Å². The second-order valence-corrected chi connectivity index (χ2v) is 12.0. The Bertz CT molecular complexity index is 1070. The first-order valence-corrected chi connectivity index (χ1v) is 13.7. The van der Waals surface area contributed by atoms with Crippen molar-refractivity contribution in [3.05, 3.63) is 12.7 Å². The number of phosphoric ester groups is 1. The minimum Gasteiger partial charge on any atom is -0.382 e. The number of nitrogens with zero attached hydrogens (tertiary/aromatic N) is 4. The maximum atomic E-state index is 11.7. The van der Waals surface area contributed by atoms with Gasteiger partial charge < -0.3 is 29.7 Å². The third-order valence-electron chi connectivity index (χ3n) is 3.85. The molecule has 0 radical (unpaired) electrons. The van der Waals surface area contributed by atoms with E-state index in [1.807, 2.05) is 0 Å². The minimum atomic E-state index is -5.24. The van der Waals surface area contributed by atoms with Gasteiger partial charge in [-0.05, 0) is 24.6 Å². The van der Waals surface area contributed by atoms with Crippen molar-refractivity contribution >= 4 is 51.2 Å². The molecular formula is C11H18N5O10P3S. The van der Waals surface area contributed by atoms with Crippen molar-refractivity contribution in [1.29, 1.82) is 0 Å². The van der Waals surface area contributed by atoms with Crippen molar-refractivity contribution in [2.24, 2.45) is 0 Å². The molecule has 0 saturated carbocycles. The fourth-order valence-electron chi connectivity index (χ4n) is 2.60. The summed E-state index contributed by atoms with van der Waals surface area (Å²) in [6.07, 6.45) is 2.83. The van der Waals surface area contributed by atoms with Crippen molar-refractivity contribution in [2.75, 3.05) is 19.5 Å². The predicted molar refractivity (Wildman–Crippen MR) is 104 cm³/mol. The highest BCUT2D eigenvalue weighted by Crippen LogP contribution is 2.67. The fraction of sp³-hybridized carbons (Fsp3) is 0.545. The number of phosphoric acid groups is 2. The van der Waals surface area contributed by atoms with Crippen LogP contribution < -0.4 is 5.73 Å². The molecule has 0 bridgehead atoms. The maximum absolute atomic E-state index is 11.7. The average Bonchev–Trinajstić information content (AvgIpc) is 3.25. The molecular weight excluding hydrogens is 487 g/mol. The molecule has 3 rings (SSSR count). The standard InChI is InChI=1S/C11H18N5O10P3S/c1-22-27(17,18)25-28(19,20)26-29(21,30)23-4-7-2-3-8(24-7)16-6-15-9-10(12)13-5-14-11(9)16/h5-8H,2-4H2,1H3,(H,17,18)(H,19,20)(H,21,30)(H2,12,13,14)/t7-,8+,29?/m0/s1. The van der Waals surface area contributed by atoms with Crippen LogP contribution in [0, 0.1) is 0 Å². The summed E-state index contributed by atoms with van der Waals surface area (Å²) in [6, 6.07) is 0. The molecule has 30 heavy (non-hydrogen) atoms. The van der Waals surface area contributed by atoms with Crippen molar-refractivity contribution in [2.45, 2.75) is 25.2 Å². The van der Waals surface area contributed by atoms with Crippen LogP contribution in [0.2, 0.25) is 0 Å². The minimum absolute atomic E-state index is 0.228. The SMILES string of the molecule is COP(=O)(O)OP(=O)(O)OP(O)(=S)OC[C@@H]1CC[C@H](n2cnc3c(N)ncnc32)O1. The lowest BCUT2D eigenvalue weighted by atomic mass is 10.2. The van der Waals surface area contributed by atoms with Gasteiger partial charge in [0.15, 0.2) is 11.5 Å². The van der Waals surface area contributed by atoms with E-state index < -0.39 is 34.7 Å². The van der Waals surface area contributed by atoms with Gasteiger partial charge in [-0.1, -0.05) is 0 Å². The number of aromatic nitrogens is 4. The van der Waals surface area contributed by atoms with Crippen molar-refractivity contribution < 1.29 is 46.2 Å². The van der Waals surface area contributed by atoms with Crippen LogP contribution in [0.4, 0.5) is 5.82 Å². The molecule has 0 amide bonds. The first-order chi connectivity index (χ1) is 13.9. The van der Waals surface area contributed by atoms with E-state index in [1.54, 1.807) is 4.57 Å². The van der Waals surface area contributed by atoms with Gasteiger partial charge in [-0.15, -0.1) is 0 Å². The summed E-state index contributed by atoms with van der Waals surface area (Å²) in [7, 11) is -9.34. The topological polar surface area (TPSA) is 211 Å². The van der Waals surface area contributed by atoms with E-state index in [9.17, 15) is 18.9 Å². The molecule has 1 aliphatic rings. The molecule has 1 fully saturated rings. The van der Waals surface area contributed by atoms with E-state index in [-0.39, 0.29) is 12.4 Å². The Balaban J connectivity index is 1.57. The molecule has 2 aromatic heterocycles. The van der Waals surface area contributed by atoms with Crippen LogP contribution in [0.3, 0.4) is 0 Å². The molecule has 0 aliphatic carbocycles. The molecule has 15 nitrogen and oxygen atoms in total. The van der Waals surface area contributed by atoms with Gasteiger partial charge in [-0.2, -0.15) is 4.31 Å². The molecule has 5 atom stereocenters. The number of nitrogens with two attached hydrogens (primary N) is 1. The summed E-state index contributed by atoms with van der Waals surface area (Å²) in [5.41, 5.74) is 6.66. The highest BCUT2D eigenvalue weighted by Gasteiger charge is 2.40. The smallest absolute Gasteiger partial charge is 0.382 e. The lowest BCUT2D eigenvalue weighted by Gasteiger charge is -2.21. The van der Waals surface area contributed by atoms with Crippen LogP contribution in [0.1, 0.15) is 19.1 Å². The highest BCUT2D eigenvalue weighted by molar-refractivity contribution is 8.08. The van der Waals surface area contributed by atoms with Crippen LogP contribution in [0.25, 0.3) is 11.2 Å². The zero-order chi connectivity index (χ0) is 22.2. The number of nitrogen functional groups attached to an aromatic ring is 1. The summed E-state index contributed by atoms with van der Waals surface area (Å²) in [6.45, 7) is -4.60. The van der Waals surface area contributed by atoms with Gasteiger partial charge in [-0.3, -0.25) is 9.09 Å². The Kier molecular flexibility index (Phi) is 7.09. The summed E-state index contributed by atoms with van der Waals surface area (Å²) in [4.78, 5) is 40.6. The van der Waals surface area contributed by atoms with Gasteiger partial charge in [0.2, 0.25) is 0 Å². The van der Waals surface area contributed by atoms with Crippen molar-refractivity contribution in [3.8, 4) is 0 Å². The van der Waals surface area contributed by atoms with Crippen LogP contribution in [-0.4, -0.2) is 54.0 Å². The summed E-state index contributed by atoms with van der Waals surface area (Å²) < 4.78 is 47.7. The lowest BCUT2D eigenvalue weighted by Crippen LogP contribution is -2.16. The van der Waals surface area contributed by atoms with Crippen LogP contribution in [0.15, 0.2) is 12.7 Å². The zero-order valence-corrected chi connectivity index (χ0v) is 18.7. The highest BCUT2D eigenvalue weighted by atomic mass is 32.5. The molecule has 3 unspecified atom stereocenters. The van der Waals surface area contributed by atoms with Gasteiger partial charge >= 0.3 is 22.4 Å². The number of hydrogen-bond acceptors (Lipinski definition) is 12. The number of anilines is 1. The number of fused-ring (bicyclic) bond motifs is 1. The predicted octanol–water partition coefficient (Wildman–Crippen LogP) is 1.20. The number of imidazole rings is 1. The van der Waals surface area contributed by atoms with Crippen LogP contribution >= 0.6 is 22.4 Å². The number of hydrogen-bond donors (Lipinski definition) is 4. The molecule has 1 saturated heterocycles. The molecule has 19 heteroatoms. The molecule has 168 valence electrons. The zero-order valence-electron chi connectivity index (χ0n) is 15.2. The average molecular weight is 505 g/mol. The Morgan fingerprint density at radius 1 is 1.23 bits per heavy atom. The van der Waals surface area contributed by atoms with Crippen molar-refractivity contribution in [3.63, 3.8) is 0 Å². The lowest BCUT2D eigenvalue weighted by molar-refractivity contribution is -0.0178. The fourth-order valence-corrected chi connectivity index (χ4v) is 6.83.